The van der Waals surface area contributed by atoms with Gasteiger partial charge in [0.15, 0.2) is 11.4 Å². The smallest absolute Gasteiger partial charge is 0.290 e. The number of halogens is 2. The third-order valence-electron chi connectivity index (χ3n) is 7.30. The number of nitrogens with zero attached hydrogens (tertiary/aromatic N) is 5. The maximum atomic E-state index is 14.2. The first-order chi connectivity index (χ1) is 19.2. The highest BCUT2D eigenvalue weighted by Crippen LogP contribution is 2.36. The number of carbonyl (C=O) groups excluding carboxylic acids is 1. The zero-order valence-electron chi connectivity index (χ0n) is 22.3. The minimum Gasteiger partial charge on any atom is -0.496 e. The number of para-hydroxylation sites is 1. The molecule has 0 spiro atoms. The second-order valence-electron chi connectivity index (χ2n) is 9.82. The lowest BCUT2D eigenvalue weighted by molar-refractivity contribution is 0.0783. The van der Waals surface area contributed by atoms with Crippen molar-refractivity contribution in [2.45, 2.75) is 31.7 Å². The van der Waals surface area contributed by atoms with E-state index in [0.29, 0.717) is 30.8 Å². The van der Waals surface area contributed by atoms with E-state index in [1.807, 2.05) is 24.3 Å². The van der Waals surface area contributed by atoms with Crippen molar-refractivity contribution in [2.24, 2.45) is 7.05 Å². The summed E-state index contributed by atoms with van der Waals surface area (Å²) < 4.78 is 36.7. The van der Waals surface area contributed by atoms with Gasteiger partial charge in [-0.05, 0) is 42.2 Å². The summed E-state index contributed by atoms with van der Waals surface area (Å²) >= 11 is 0. The number of hydrogen-bond acceptors (Lipinski definition) is 6. The van der Waals surface area contributed by atoms with Gasteiger partial charge in [0, 0.05) is 38.3 Å². The largest absolute Gasteiger partial charge is 0.496 e. The number of aromatic hydroxyl groups is 1. The van der Waals surface area contributed by atoms with E-state index in [4.69, 9.17) is 4.74 Å². The Labute approximate surface area is 229 Å². The Hall–Kier alpha value is -4.54. The van der Waals surface area contributed by atoms with E-state index < -0.39 is 40.6 Å². The molecule has 0 aliphatic carbocycles. The first-order valence-electron chi connectivity index (χ1n) is 12.9. The molecule has 1 N–H and O–H groups in total. The van der Waals surface area contributed by atoms with Crippen molar-refractivity contribution in [3.05, 3.63) is 93.5 Å². The molecule has 40 heavy (non-hydrogen) atoms. The fourth-order valence-electron chi connectivity index (χ4n) is 5.44. The Bertz CT molecular complexity index is 1610. The molecule has 3 heterocycles. The number of aryl methyl sites for hydroxylation is 1. The molecule has 2 aromatic carbocycles. The topological polar surface area (TPSA) is 102 Å². The average Bonchev–Trinajstić information content (AvgIpc) is 3.59. The third kappa shape index (κ3) is 4.94. The molecule has 5 rings (SSSR count). The standard InChI is InChI=1S/C29H29F2N5O4/c1-4-23(18-11-20(30)13-21(31)12-18)36-26(19-14-32-34(2)15-19)33-27(37)25(29(36)39)28(38)35-10-9-17(16-35)22-7-5-6-8-24(22)40-3/h5-8,11-15,17,23,39H,4,9-10,16H2,1-3H3/t17?,23-/m0/s1. The van der Waals surface area contributed by atoms with E-state index in [0.717, 1.165) is 23.8 Å². The summed E-state index contributed by atoms with van der Waals surface area (Å²) in [6, 6.07) is 9.77. The maximum Gasteiger partial charge on any atom is 0.290 e. The number of likely N-dealkylation sites (tertiary alicyclic amines) is 1. The number of methoxy groups -OCH3 is 1. The van der Waals surface area contributed by atoms with E-state index in [1.165, 1.54) is 20.3 Å². The molecule has 1 fully saturated rings. The first kappa shape index (κ1) is 27.0. The summed E-state index contributed by atoms with van der Waals surface area (Å²) in [6.07, 6.45) is 3.96. The summed E-state index contributed by atoms with van der Waals surface area (Å²) in [7, 11) is 3.26. The van der Waals surface area contributed by atoms with Crippen LogP contribution in [0.4, 0.5) is 8.78 Å². The number of benzene rings is 2. The van der Waals surface area contributed by atoms with Crippen LogP contribution in [0.15, 0.2) is 59.7 Å². The van der Waals surface area contributed by atoms with Gasteiger partial charge in [0.2, 0.25) is 5.88 Å². The van der Waals surface area contributed by atoms with Crippen LogP contribution in [0.1, 0.15) is 53.2 Å². The fourth-order valence-corrected chi connectivity index (χ4v) is 5.44. The predicted molar refractivity (Wildman–Crippen MR) is 143 cm³/mol. The van der Waals surface area contributed by atoms with Gasteiger partial charge in [0.25, 0.3) is 11.5 Å². The highest BCUT2D eigenvalue weighted by Gasteiger charge is 2.35. The molecule has 0 bridgehead atoms. The van der Waals surface area contributed by atoms with Crippen LogP contribution in [0.2, 0.25) is 0 Å². The van der Waals surface area contributed by atoms with Gasteiger partial charge in [0.05, 0.1) is 24.9 Å². The zero-order valence-corrected chi connectivity index (χ0v) is 22.3. The Morgan fingerprint density at radius 1 is 1.20 bits per heavy atom. The minimum absolute atomic E-state index is 0.0225. The first-order valence-corrected chi connectivity index (χ1v) is 12.9. The molecule has 1 unspecified atom stereocenters. The highest BCUT2D eigenvalue weighted by molar-refractivity contribution is 5.96. The number of hydrogen-bond donors (Lipinski definition) is 1. The normalized spacial score (nSPS) is 15.8. The van der Waals surface area contributed by atoms with Gasteiger partial charge in [-0.3, -0.25) is 18.8 Å². The van der Waals surface area contributed by atoms with Crippen molar-refractivity contribution in [2.75, 3.05) is 20.2 Å². The Kier molecular flexibility index (Phi) is 7.38. The molecule has 2 aromatic heterocycles. The van der Waals surface area contributed by atoms with Crippen molar-refractivity contribution < 1.29 is 23.4 Å². The quantitative estimate of drug-likeness (QED) is 0.370. The molecule has 9 nitrogen and oxygen atoms in total. The molecular weight excluding hydrogens is 520 g/mol. The van der Waals surface area contributed by atoms with Crippen LogP contribution in [-0.2, 0) is 7.05 Å². The summed E-state index contributed by atoms with van der Waals surface area (Å²) in [6.45, 7) is 2.43. The van der Waals surface area contributed by atoms with Crippen molar-refractivity contribution in [1.82, 2.24) is 24.2 Å². The molecule has 208 valence electrons. The van der Waals surface area contributed by atoms with Gasteiger partial charge in [-0.25, -0.2) is 8.78 Å². The molecule has 4 aromatic rings. The molecule has 11 heteroatoms. The molecule has 1 aliphatic rings. The van der Waals surface area contributed by atoms with Crippen molar-refractivity contribution in [3.63, 3.8) is 0 Å². The van der Waals surface area contributed by atoms with Crippen LogP contribution in [0.25, 0.3) is 11.4 Å². The van der Waals surface area contributed by atoms with Crippen LogP contribution >= 0.6 is 0 Å². The molecular formula is C29H29F2N5O4. The van der Waals surface area contributed by atoms with Crippen molar-refractivity contribution >= 4 is 5.91 Å². The van der Waals surface area contributed by atoms with E-state index in [2.05, 4.69) is 10.1 Å². The van der Waals surface area contributed by atoms with Crippen LogP contribution in [0, 0.1) is 11.6 Å². The maximum absolute atomic E-state index is 14.2. The SMILES string of the molecule is CC[C@@H](c1cc(F)cc(F)c1)n1c(-c2cnn(C)c2)nc(=O)c(C(=O)N2CCC(c3ccccc3OC)C2)c1O. The molecule has 0 radical (unpaired) electrons. The molecule has 1 saturated heterocycles. The second-order valence-corrected chi connectivity index (χ2v) is 9.82. The second kappa shape index (κ2) is 10.9. The number of amides is 1. The van der Waals surface area contributed by atoms with Crippen LogP contribution in [0.3, 0.4) is 0 Å². The third-order valence-corrected chi connectivity index (χ3v) is 7.30. The van der Waals surface area contributed by atoms with Gasteiger partial charge >= 0.3 is 0 Å². The molecule has 1 aliphatic heterocycles. The van der Waals surface area contributed by atoms with E-state index in [-0.39, 0.29) is 23.7 Å². The lowest BCUT2D eigenvalue weighted by Gasteiger charge is -2.26. The van der Waals surface area contributed by atoms with E-state index in [1.54, 1.807) is 27.3 Å². The molecule has 0 saturated carbocycles. The summed E-state index contributed by atoms with van der Waals surface area (Å²) in [5, 5.41) is 15.7. The summed E-state index contributed by atoms with van der Waals surface area (Å²) in [4.78, 5) is 32.7. The minimum atomic E-state index is -0.904. The van der Waals surface area contributed by atoms with Crippen LogP contribution in [0.5, 0.6) is 11.6 Å². The summed E-state index contributed by atoms with van der Waals surface area (Å²) in [5.41, 5.74) is 0.150. The Morgan fingerprint density at radius 3 is 2.58 bits per heavy atom. The van der Waals surface area contributed by atoms with Crippen molar-refractivity contribution in [1.29, 1.82) is 0 Å². The zero-order chi connectivity index (χ0) is 28.6. The monoisotopic (exact) mass is 549 g/mol. The van der Waals surface area contributed by atoms with Gasteiger partial charge in [-0.1, -0.05) is 25.1 Å². The van der Waals surface area contributed by atoms with Gasteiger partial charge in [-0.15, -0.1) is 0 Å². The number of aromatic nitrogens is 4. The predicted octanol–water partition coefficient (Wildman–Crippen LogP) is 4.27. The summed E-state index contributed by atoms with van der Waals surface area (Å²) in [5.74, 6) is -2.16. The molecule has 2 atom stereocenters. The van der Waals surface area contributed by atoms with Gasteiger partial charge in [0.1, 0.15) is 17.4 Å². The fraction of sp³-hybridized carbons (Fsp3) is 0.310. The number of ether oxygens (including phenoxy) is 1. The number of rotatable bonds is 7. The van der Waals surface area contributed by atoms with E-state index >= 15 is 0 Å². The highest BCUT2D eigenvalue weighted by atomic mass is 19.1. The lowest BCUT2D eigenvalue weighted by Crippen LogP contribution is -2.35. The molecule has 1 amide bonds. The van der Waals surface area contributed by atoms with Crippen LogP contribution in [-0.4, -0.2) is 55.4 Å². The Morgan fingerprint density at radius 2 is 1.93 bits per heavy atom. The van der Waals surface area contributed by atoms with Crippen molar-refractivity contribution in [3.8, 4) is 23.0 Å². The lowest BCUT2D eigenvalue weighted by atomic mass is 9.97. The van der Waals surface area contributed by atoms with E-state index in [9.17, 15) is 23.5 Å². The van der Waals surface area contributed by atoms with Gasteiger partial charge < -0.3 is 14.7 Å². The van der Waals surface area contributed by atoms with Gasteiger partial charge in [-0.2, -0.15) is 10.1 Å². The average molecular weight is 550 g/mol. The Balaban J connectivity index is 1.60. The van der Waals surface area contributed by atoms with Crippen LogP contribution < -0.4 is 10.3 Å². The number of carbonyl (C=O) groups is 1.